The second-order valence-electron chi connectivity index (χ2n) is 7.25. The average molecular weight is 342 g/mol. The van der Waals surface area contributed by atoms with Gasteiger partial charge in [-0.05, 0) is 31.4 Å². The van der Waals surface area contributed by atoms with Crippen LogP contribution in [0.3, 0.4) is 0 Å². The normalized spacial score (nSPS) is 29.6. The van der Waals surface area contributed by atoms with Gasteiger partial charge in [0.05, 0.1) is 17.3 Å². The molecule has 126 valence electrons. The molecule has 2 heterocycles. The highest BCUT2D eigenvalue weighted by atomic mass is 32.1. The fraction of sp³-hybridized carbons (Fsp3) is 0.526. The summed E-state index contributed by atoms with van der Waals surface area (Å²) in [6.07, 6.45) is 5.68. The average Bonchev–Trinajstić information content (AvgIpc) is 3.20. The van der Waals surface area contributed by atoms with Gasteiger partial charge in [-0.15, -0.1) is 11.3 Å². The summed E-state index contributed by atoms with van der Waals surface area (Å²) in [5.41, 5.74) is 4.38. The van der Waals surface area contributed by atoms with Gasteiger partial charge in [0.2, 0.25) is 0 Å². The van der Waals surface area contributed by atoms with E-state index >= 15 is 0 Å². The first-order valence-electron chi connectivity index (χ1n) is 8.83. The van der Waals surface area contributed by atoms with Crippen LogP contribution in [-0.2, 0) is 11.3 Å². The minimum Gasteiger partial charge on any atom is -0.487 e. The number of fused-ring (bicyclic) bond motifs is 2. The molecule has 5 rings (SSSR count). The van der Waals surface area contributed by atoms with Gasteiger partial charge in [0, 0.05) is 41.1 Å². The molecule has 1 N–H and O–H groups in total. The van der Waals surface area contributed by atoms with E-state index in [1.807, 2.05) is 17.0 Å². The van der Waals surface area contributed by atoms with E-state index in [2.05, 4.69) is 28.5 Å². The number of anilines is 1. The number of rotatable bonds is 5. The van der Waals surface area contributed by atoms with E-state index in [1.165, 1.54) is 25.7 Å². The van der Waals surface area contributed by atoms with Crippen molar-refractivity contribution in [1.29, 1.82) is 0 Å². The number of hydrogen-bond acceptors (Lipinski definition) is 5. The third-order valence-electron chi connectivity index (χ3n) is 6.06. The van der Waals surface area contributed by atoms with Gasteiger partial charge in [-0.25, -0.2) is 4.98 Å². The second kappa shape index (κ2) is 5.74. The fourth-order valence-corrected chi connectivity index (χ4v) is 5.32. The van der Waals surface area contributed by atoms with Crippen molar-refractivity contribution < 1.29 is 9.47 Å². The van der Waals surface area contributed by atoms with Gasteiger partial charge >= 0.3 is 0 Å². The van der Waals surface area contributed by atoms with Crippen LogP contribution in [0.2, 0.25) is 0 Å². The number of hydrogen-bond donors (Lipinski definition) is 1. The Morgan fingerprint density at radius 2 is 2.33 bits per heavy atom. The molecule has 1 saturated heterocycles. The van der Waals surface area contributed by atoms with Crippen LogP contribution in [0.1, 0.15) is 31.4 Å². The summed E-state index contributed by atoms with van der Waals surface area (Å²) in [5.74, 6) is 1.58. The number of benzene rings is 1. The van der Waals surface area contributed by atoms with Gasteiger partial charge in [0.15, 0.2) is 0 Å². The van der Waals surface area contributed by atoms with Gasteiger partial charge < -0.3 is 14.8 Å². The van der Waals surface area contributed by atoms with Crippen molar-refractivity contribution >= 4 is 17.0 Å². The molecule has 1 spiro atoms. The highest BCUT2D eigenvalue weighted by molar-refractivity contribution is 7.07. The van der Waals surface area contributed by atoms with Gasteiger partial charge in [-0.2, -0.15) is 0 Å². The quantitative estimate of drug-likeness (QED) is 0.889. The van der Waals surface area contributed by atoms with Crippen LogP contribution in [0, 0.1) is 11.3 Å². The summed E-state index contributed by atoms with van der Waals surface area (Å²) in [6.45, 7) is 1.46. The molecular formula is C19H22N2O2S. The molecule has 2 saturated carbocycles. The Morgan fingerprint density at radius 1 is 1.38 bits per heavy atom. The maximum absolute atomic E-state index is 6.01. The zero-order valence-electron chi connectivity index (χ0n) is 13.6. The lowest BCUT2D eigenvalue weighted by atomic mass is 9.46. The maximum atomic E-state index is 6.01. The minimum absolute atomic E-state index is 0.401. The molecule has 1 aliphatic heterocycles. The van der Waals surface area contributed by atoms with Gasteiger partial charge in [0.25, 0.3) is 0 Å². The van der Waals surface area contributed by atoms with Crippen LogP contribution in [0.5, 0.6) is 5.75 Å². The number of thiazole rings is 1. The van der Waals surface area contributed by atoms with E-state index in [-0.39, 0.29) is 0 Å². The number of nitrogens with one attached hydrogen (secondary N) is 1. The van der Waals surface area contributed by atoms with Gasteiger partial charge in [0.1, 0.15) is 12.4 Å². The first-order valence-corrected chi connectivity index (χ1v) is 9.77. The van der Waals surface area contributed by atoms with Crippen molar-refractivity contribution in [2.75, 3.05) is 11.9 Å². The van der Waals surface area contributed by atoms with Crippen LogP contribution in [0.4, 0.5) is 5.69 Å². The zero-order valence-corrected chi connectivity index (χ0v) is 14.4. The zero-order chi connectivity index (χ0) is 16.0. The van der Waals surface area contributed by atoms with Crippen molar-refractivity contribution in [2.24, 2.45) is 11.3 Å². The SMILES string of the molecule is c1cc(N[C@@H]2[C@@H]3CCO[C@H]3C23CCC3)cc(OCc2cscn2)c1. The molecule has 24 heavy (non-hydrogen) atoms. The topological polar surface area (TPSA) is 43.4 Å². The van der Waals surface area contributed by atoms with E-state index in [0.29, 0.717) is 30.1 Å². The molecule has 5 heteroatoms. The molecule has 1 aromatic heterocycles. The van der Waals surface area contributed by atoms with Crippen LogP contribution in [0.15, 0.2) is 35.2 Å². The molecule has 0 unspecified atom stereocenters. The second-order valence-corrected chi connectivity index (χ2v) is 7.97. The summed E-state index contributed by atoms with van der Waals surface area (Å²) in [6, 6.07) is 8.90. The molecule has 3 atom stereocenters. The van der Waals surface area contributed by atoms with Crippen molar-refractivity contribution in [3.63, 3.8) is 0 Å². The number of nitrogens with zero attached hydrogens (tertiary/aromatic N) is 1. The van der Waals surface area contributed by atoms with Crippen molar-refractivity contribution in [2.45, 2.75) is 44.4 Å². The number of aromatic nitrogens is 1. The predicted molar refractivity (Wildman–Crippen MR) is 94.4 cm³/mol. The van der Waals surface area contributed by atoms with Crippen LogP contribution < -0.4 is 10.1 Å². The van der Waals surface area contributed by atoms with E-state index in [1.54, 1.807) is 11.3 Å². The standard InChI is InChI=1S/C19H22N2O2S/c1-3-13(9-15(4-1)23-10-14-11-24-12-20-14)21-17-16-5-8-22-18(16)19(17)6-2-7-19/h1,3-4,9,11-12,16-18,21H,2,5-8,10H2/t16-,17+,18+/m0/s1. The highest BCUT2D eigenvalue weighted by Crippen LogP contribution is 2.63. The lowest BCUT2D eigenvalue weighted by Gasteiger charge is -2.63. The van der Waals surface area contributed by atoms with E-state index in [0.717, 1.165) is 23.7 Å². The fourth-order valence-electron chi connectivity index (χ4n) is 4.78. The third-order valence-corrected chi connectivity index (χ3v) is 6.70. The molecular weight excluding hydrogens is 320 g/mol. The van der Waals surface area contributed by atoms with Gasteiger partial charge in [-0.1, -0.05) is 12.5 Å². The molecule has 0 amide bonds. The molecule has 2 aliphatic carbocycles. The highest BCUT2D eigenvalue weighted by Gasteiger charge is 2.66. The molecule has 3 aliphatic rings. The number of ether oxygens (including phenoxy) is 2. The Bertz CT molecular complexity index is 714. The van der Waals surface area contributed by atoms with Crippen LogP contribution >= 0.6 is 11.3 Å². The lowest BCUT2D eigenvalue weighted by Crippen LogP contribution is -2.68. The molecule has 3 fully saturated rings. The van der Waals surface area contributed by atoms with Crippen molar-refractivity contribution in [3.05, 3.63) is 40.8 Å². The van der Waals surface area contributed by atoms with E-state index < -0.39 is 0 Å². The largest absolute Gasteiger partial charge is 0.487 e. The molecule has 0 radical (unpaired) electrons. The van der Waals surface area contributed by atoms with E-state index in [9.17, 15) is 0 Å². The Kier molecular flexibility index (Phi) is 3.52. The minimum atomic E-state index is 0.401. The predicted octanol–water partition coefficient (Wildman–Crippen LogP) is 4.09. The Hall–Kier alpha value is -1.59. The van der Waals surface area contributed by atoms with E-state index in [4.69, 9.17) is 9.47 Å². The Labute approximate surface area is 146 Å². The summed E-state index contributed by atoms with van der Waals surface area (Å²) in [4.78, 5) is 4.26. The summed E-state index contributed by atoms with van der Waals surface area (Å²) in [7, 11) is 0. The Balaban J connectivity index is 1.28. The maximum Gasteiger partial charge on any atom is 0.131 e. The first kappa shape index (κ1) is 14.7. The Morgan fingerprint density at radius 3 is 3.12 bits per heavy atom. The lowest BCUT2D eigenvalue weighted by molar-refractivity contribution is -0.158. The smallest absolute Gasteiger partial charge is 0.131 e. The monoisotopic (exact) mass is 342 g/mol. The third kappa shape index (κ3) is 2.25. The summed E-state index contributed by atoms with van der Waals surface area (Å²) >= 11 is 1.60. The summed E-state index contributed by atoms with van der Waals surface area (Å²) < 4.78 is 11.9. The van der Waals surface area contributed by atoms with Crippen LogP contribution in [-0.4, -0.2) is 23.7 Å². The van der Waals surface area contributed by atoms with Crippen LogP contribution in [0.25, 0.3) is 0 Å². The first-order chi connectivity index (χ1) is 11.9. The van der Waals surface area contributed by atoms with Gasteiger partial charge in [-0.3, -0.25) is 0 Å². The molecule has 0 bridgehead atoms. The summed E-state index contributed by atoms with van der Waals surface area (Å²) in [5, 5.41) is 5.83. The molecule has 2 aromatic rings. The van der Waals surface area contributed by atoms with Crippen molar-refractivity contribution in [3.8, 4) is 5.75 Å². The van der Waals surface area contributed by atoms with Crippen molar-refractivity contribution in [1.82, 2.24) is 4.98 Å². The molecule has 4 nitrogen and oxygen atoms in total. The molecule has 1 aromatic carbocycles.